The molecule has 90 valence electrons. The molecule has 1 aromatic carbocycles. The third kappa shape index (κ3) is 3.54. The Balaban J connectivity index is 2.78. The summed E-state index contributed by atoms with van der Waals surface area (Å²) in [4.78, 5) is 0. The zero-order valence-electron chi connectivity index (χ0n) is 9.85. The lowest BCUT2D eigenvalue weighted by atomic mass is 10.1. The molecule has 0 saturated carbocycles. The van der Waals surface area contributed by atoms with Gasteiger partial charge in [0.25, 0.3) is 0 Å². The molecule has 0 aliphatic heterocycles. The van der Waals surface area contributed by atoms with Crippen molar-refractivity contribution in [2.75, 3.05) is 13.6 Å². The van der Waals surface area contributed by atoms with Gasteiger partial charge in [0.15, 0.2) is 0 Å². The molecule has 0 amide bonds. The molecule has 0 aromatic heterocycles. The number of halogens is 2. The van der Waals surface area contributed by atoms with E-state index in [9.17, 15) is 8.78 Å². The monoisotopic (exact) mass is 228 g/mol. The fourth-order valence-electron chi connectivity index (χ4n) is 1.51. The fourth-order valence-corrected chi connectivity index (χ4v) is 1.51. The summed E-state index contributed by atoms with van der Waals surface area (Å²) in [7, 11) is 1.76. The second-order valence-electron chi connectivity index (χ2n) is 4.07. The highest BCUT2D eigenvalue weighted by Gasteiger charge is 2.14. The number of hydrogen-bond donors (Lipinski definition) is 2. The van der Waals surface area contributed by atoms with E-state index in [4.69, 9.17) is 0 Å². The minimum Gasteiger partial charge on any atom is -0.313 e. The average molecular weight is 228 g/mol. The van der Waals surface area contributed by atoms with Gasteiger partial charge in [-0.05, 0) is 13.1 Å². The Morgan fingerprint density at radius 1 is 1.25 bits per heavy atom. The minimum atomic E-state index is -0.548. The molecule has 2 N–H and O–H groups in total. The third-order valence-electron chi connectivity index (χ3n) is 2.42. The lowest BCUT2D eigenvalue weighted by Gasteiger charge is -2.19. The Hall–Kier alpha value is -1.00. The maximum absolute atomic E-state index is 13.5. The minimum absolute atomic E-state index is 0.150. The first-order chi connectivity index (χ1) is 7.54. The highest BCUT2D eigenvalue weighted by Crippen LogP contribution is 2.17. The highest BCUT2D eigenvalue weighted by atomic mass is 19.1. The Labute approximate surface area is 95.1 Å². The average Bonchev–Trinajstić information content (AvgIpc) is 2.21. The van der Waals surface area contributed by atoms with Crippen molar-refractivity contribution in [2.45, 2.75) is 25.9 Å². The van der Waals surface area contributed by atoms with Crippen molar-refractivity contribution in [2.24, 2.45) is 0 Å². The highest BCUT2D eigenvalue weighted by molar-refractivity contribution is 5.22. The quantitative estimate of drug-likeness (QED) is 0.807. The van der Waals surface area contributed by atoms with E-state index in [0.29, 0.717) is 18.2 Å². The molecule has 0 fully saturated rings. The van der Waals surface area contributed by atoms with Crippen molar-refractivity contribution >= 4 is 0 Å². The molecule has 0 aliphatic carbocycles. The van der Waals surface area contributed by atoms with Gasteiger partial charge in [0.05, 0.1) is 0 Å². The molecule has 1 aromatic rings. The summed E-state index contributed by atoms with van der Waals surface area (Å²) >= 11 is 0. The summed E-state index contributed by atoms with van der Waals surface area (Å²) in [5.74, 6) is -1.06. The summed E-state index contributed by atoms with van der Waals surface area (Å²) in [6.07, 6.45) is 0. The lowest BCUT2D eigenvalue weighted by molar-refractivity contribution is 0.469. The molecule has 1 unspecified atom stereocenters. The van der Waals surface area contributed by atoms with Crippen LogP contribution in [0.25, 0.3) is 0 Å². The molecule has 0 spiro atoms. The second-order valence-corrected chi connectivity index (χ2v) is 4.07. The van der Waals surface area contributed by atoms with Gasteiger partial charge in [0, 0.05) is 30.3 Å². The topological polar surface area (TPSA) is 24.1 Å². The van der Waals surface area contributed by atoms with E-state index in [0.717, 1.165) is 6.07 Å². The smallest absolute Gasteiger partial charge is 0.130 e. The lowest BCUT2D eigenvalue weighted by Crippen LogP contribution is -2.33. The molecule has 4 heteroatoms. The van der Waals surface area contributed by atoms with Gasteiger partial charge in [-0.25, -0.2) is 8.78 Å². The maximum atomic E-state index is 13.5. The third-order valence-corrected chi connectivity index (χ3v) is 2.42. The van der Waals surface area contributed by atoms with Gasteiger partial charge in [-0.1, -0.05) is 19.9 Å². The van der Waals surface area contributed by atoms with Crippen LogP contribution >= 0.6 is 0 Å². The molecule has 0 radical (unpaired) electrons. The molecule has 2 nitrogen and oxygen atoms in total. The van der Waals surface area contributed by atoms with E-state index in [-0.39, 0.29) is 6.04 Å². The standard InChI is InChI=1S/C12H18F2N2/c1-8(2)16-7-12(15-3)10-5-4-9(13)6-11(10)14/h4-6,8,12,15-16H,7H2,1-3H3. The van der Waals surface area contributed by atoms with E-state index >= 15 is 0 Å². The van der Waals surface area contributed by atoms with Crippen molar-refractivity contribution in [3.63, 3.8) is 0 Å². The van der Waals surface area contributed by atoms with Gasteiger partial charge in [-0.2, -0.15) is 0 Å². The van der Waals surface area contributed by atoms with Gasteiger partial charge in [-0.3, -0.25) is 0 Å². The number of benzene rings is 1. The Bertz CT molecular complexity index is 340. The zero-order valence-corrected chi connectivity index (χ0v) is 9.85. The van der Waals surface area contributed by atoms with Crippen molar-refractivity contribution < 1.29 is 8.78 Å². The van der Waals surface area contributed by atoms with Crippen LogP contribution in [0.5, 0.6) is 0 Å². The number of nitrogens with one attached hydrogen (secondary N) is 2. The van der Waals surface area contributed by atoms with Crippen LogP contribution in [0.1, 0.15) is 25.5 Å². The summed E-state index contributed by atoms with van der Waals surface area (Å²) < 4.78 is 26.3. The summed E-state index contributed by atoms with van der Waals surface area (Å²) in [6, 6.07) is 3.85. The Morgan fingerprint density at radius 2 is 1.94 bits per heavy atom. The van der Waals surface area contributed by atoms with E-state index in [2.05, 4.69) is 10.6 Å². The van der Waals surface area contributed by atoms with Crippen molar-refractivity contribution in [1.82, 2.24) is 10.6 Å². The van der Waals surface area contributed by atoms with Crippen LogP contribution in [0.4, 0.5) is 8.78 Å². The first-order valence-corrected chi connectivity index (χ1v) is 5.40. The Kier molecular flexibility index (Phi) is 4.83. The van der Waals surface area contributed by atoms with Crippen LogP contribution in [0.15, 0.2) is 18.2 Å². The number of likely N-dealkylation sites (N-methyl/N-ethyl adjacent to an activating group) is 1. The molecular weight excluding hydrogens is 210 g/mol. The zero-order chi connectivity index (χ0) is 12.1. The summed E-state index contributed by atoms with van der Waals surface area (Å²) in [5.41, 5.74) is 0.483. The van der Waals surface area contributed by atoms with Crippen molar-refractivity contribution in [3.8, 4) is 0 Å². The van der Waals surface area contributed by atoms with Crippen LogP contribution in [0.2, 0.25) is 0 Å². The van der Waals surface area contributed by atoms with Gasteiger partial charge >= 0.3 is 0 Å². The molecule has 0 aliphatic rings. The van der Waals surface area contributed by atoms with Crippen LogP contribution in [-0.4, -0.2) is 19.6 Å². The van der Waals surface area contributed by atoms with Crippen LogP contribution in [0, 0.1) is 11.6 Å². The summed E-state index contributed by atoms with van der Waals surface area (Å²) in [5, 5.41) is 6.22. The summed E-state index contributed by atoms with van der Waals surface area (Å²) in [6.45, 7) is 4.65. The largest absolute Gasteiger partial charge is 0.313 e. The van der Waals surface area contributed by atoms with Gasteiger partial charge < -0.3 is 10.6 Å². The molecule has 1 atom stereocenters. The first kappa shape index (κ1) is 13.1. The number of rotatable bonds is 5. The molecular formula is C12H18F2N2. The number of hydrogen-bond acceptors (Lipinski definition) is 2. The molecule has 16 heavy (non-hydrogen) atoms. The van der Waals surface area contributed by atoms with E-state index in [1.807, 2.05) is 13.8 Å². The normalized spacial score (nSPS) is 13.1. The Morgan fingerprint density at radius 3 is 2.44 bits per heavy atom. The van der Waals surface area contributed by atoms with Gasteiger partial charge in [0.2, 0.25) is 0 Å². The molecule has 0 heterocycles. The first-order valence-electron chi connectivity index (χ1n) is 5.40. The maximum Gasteiger partial charge on any atom is 0.130 e. The fraction of sp³-hybridized carbons (Fsp3) is 0.500. The molecule has 1 rings (SSSR count). The second kappa shape index (κ2) is 5.92. The van der Waals surface area contributed by atoms with Crippen molar-refractivity contribution in [3.05, 3.63) is 35.4 Å². The molecule has 0 bridgehead atoms. The van der Waals surface area contributed by atoms with Crippen LogP contribution in [-0.2, 0) is 0 Å². The predicted octanol–water partition coefficient (Wildman–Crippen LogP) is 2.22. The van der Waals surface area contributed by atoms with Crippen molar-refractivity contribution in [1.29, 1.82) is 0 Å². The SMILES string of the molecule is CNC(CNC(C)C)c1ccc(F)cc1F. The van der Waals surface area contributed by atoms with Gasteiger partial charge in [-0.15, -0.1) is 0 Å². The van der Waals surface area contributed by atoms with Crippen LogP contribution in [0.3, 0.4) is 0 Å². The molecule has 0 saturated heterocycles. The van der Waals surface area contributed by atoms with E-state index in [1.165, 1.54) is 12.1 Å². The predicted molar refractivity (Wildman–Crippen MR) is 61.3 cm³/mol. The van der Waals surface area contributed by atoms with Crippen LogP contribution < -0.4 is 10.6 Å². The van der Waals surface area contributed by atoms with E-state index in [1.54, 1.807) is 7.05 Å². The van der Waals surface area contributed by atoms with Gasteiger partial charge in [0.1, 0.15) is 11.6 Å². The van der Waals surface area contributed by atoms with E-state index < -0.39 is 11.6 Å².